The monoisotopic (exact) mass is 285 g/mol. The first-order valence-electron chi connectivity index (χ1n) is 7.48. The number of hydrogen-bond acceptors (Lipinski definition) is 2. The highest BCUT2D eigenvalue weighted by Gasteiger charge is 2.32. The average molecular weight is 285 g/mol. The van der Waals surface area contributed by atoms with Crippen molar-refractivity contribution in [3.8, 4) is 0 Å². The summed E-state index contributed by atoms with van der Waals surface area (Å²) in [5.41, 5.74) is 0.998. The van der Waals surface area contributed by atoms with E-state index in [1.54, 1.807) is 0 Å². The number of rotatable bonds is 5. The third kappa shape index (κ3) is 3.97. The Balaban J connectivity index is 2.02. The van der Waals surface area contributed by atoms with Crippen LogP contribution in [0, 0.1) is 0 Å². The van der Waals surface area contributed by atoms with Gasteiger partial charge >= 0.3 is 6.09 Å². The van der Waals surface area contributed by atoms with E-state index < -0.39 is 0 Å². The molecule has 1 aromatic rings. The molecule has 0 aromatic heterocycles. The van der Waals surface area contributed by atoms with Crippen molar-refractivity contribution in [2.75, 3.05) is 0 Å². The average Bonchev–Trinajstić information content (AvgIpc) is 2.53. The van der Waals surface area contributed by atoms with E-state index in [2.05, 4.69) is 13.2 Å². The van der Waals surface area contributed by atoms with Gasteiger partial charge in [0, 0.05) is 6.04 Å². The molecule has 0 saturated carbocycles. The quantitative estimate of drug-likeness (QED) is 0.754. The Morgan fingerprint density at radius 2 is 2.05 bits per heavy atom. The van der Waals surface area contributed by atoms with Crippen LogP contribution in [0.2, 0.25) is 0 Å². The zero-order chi connectivity index (χ0) is 15.1. The maximum Gasteiger partial charge on any atom is 0.410 e. The summed E-state index contributed by atoms with van der Waals surface area (Å²) in [6.07, 6.45) is 7.32. The number of nitrogens with zero attached hydrogens (tertiary/aromatic N) is 1. The van der Waals surface area contributed by atoms with Gasteiger partial charge in [0.1, 0.15) is 6.61 Å². The second-order valence-corrected chi connectivity index (χ2v) is 5.36. The molecule has 2 atom stereocenters. The Kier molecular flexibility index (Phi) is 5.61. The largest absolute Gasteiger partial charge is 0.445 e. The molecule has 0 spiro atoms. The maximum atomic E-state index is 12.4. The van der Waals surface area contributed by atoms with Gasteiger partial charge in [0.15, 0.2) is 0 Å². The molecule has 1 aliphatic rings. The molecule has 2 rings (SSSR count). The van der Waals surface area contributed by atoms with E-state index >= 15 is 0 Å². The van der Waals surface area contributed by atoms with Gasteiger partial charge in [-0.15, -0.1) is 13.2 Å². The number of carbonyl (C=O) groups is 1. The second-order valence-electron chi connectivity index (χ2n) is 5.36. The fraction of sp³-hybridized carbons (Fsp3) is 0.389. The highest BCUT2D eigenvalue weighted by atomic mass is 16.6. The maximum absolute atomic E-state index is 12.4. The summed E-state index contributed by atoms with van der Waals surface area (Å²) in [7, 11) is 0. The normalized spacial score (nSPS) is 21.6. The van der Waals surface area contributed by atoms with Crippen LogP contribution in [0.5, 0.6) is 0 Å². The minimum atomic E-state index is -0.254. The van der Waals surface area contributed by atoms with Gasteiger partial charge in [-0.25, -0.2) is 4.79 Å². The van der Waals surface area contributed by atoms with Gasteiger partial charge in [-0.05, 0) is 31.2 Å². The fourth-order valence-corrected chi connectivity index (χ4v) is 2.85. The minimum absolute atomic E-state index is 0.0620. The van der Waals surface area contributed by atoms with Gasteiger partial charge in [-0.3, -0.25) is 4.90 Å². The van der Waals surface area contributed by atoms with Crippen LogP contribution in [0.1, 0.15) is 31.2 Å². The molecular formula is C18H23NO2. The molecule has 1 saturated heterocycles. The molecule has 1 amide bonds. The molecule has 1 aromatic carbocycles. The van der Waals surface area contributed by atoms with Gasteiger partial charge in [-0.1, -0.05) is 42.5 Å². The van der Waals surface area contributed by atoms with E-state index in [1.807, 2.05) is 47.4 Å². The Hall–Kier alpha value is -2.03. The lowest BCUT2D eigenvalue weighted by Crippen LogP contribution is -2.49. The molecule has 112 valence electrons. The van der Waals surface area contributed by atoms with Crippen molar-refractivity contribution < 1.29 is 9.53 Å². The number of piperidine rings is 1. The van der Waals surface area contributed by atoms with Crippen molar-refractivity contribution in [3.63, 3.8) is 0 Å². The molecule has 21 heavy (non-hydrogen) atoms. The van der Waals surface area contributed by atoms with Crippen LogP contribution in [-0.4, -0.2) is 23.1 Å². The predicted molar refractivity (Wildman–Crippen MR) is 84.9 cm³/mol. The molecule has 0 aliphatic carbocycles. The first kappa shape index (κ1) is 15.4. The molecular weight excluding hydrogens is 262 g/mol. The van der Waals surface area contributed by atoms with Gasteiger partial charge in [-0.2, -0.15) is 0 Å². The summed E-state index contributed by atoms with van der Waals surface area (Å²) in [6.45, 7) is 7.95. The molecule has 3 nitrogen and oxygen atoms in total. The van der Waals surface area contributed by atoms with E-state index in [0.717, 1.165) is 31.2 Å². The number of amides is 1. The van der Waals surface area contributed by atoms with Gasteiger partial charge < -0.3 is 4.74 Å². The van der Waals surface area contributed by atoms with Crippen molar-refractivity contribution in [1.82, 2.24) is 4.90 Å². The summed E-state index contributed by atoms with van der Waals surface area (Å²) < 4.78 is 5.48. The fourth-order valence-electron chi connectivity index (χ4n) is 2.85. The van der Waals surface area contributed by atoms with Crippen molar-refractivity contribution in [2.24, 2.45) is 0 Å². The zero-order valence-corrected chi connectivity index (χ0v) is 12.4. The van der Waals surface area contributed by atoms with Crippen LogP contribution >= 0.6 is 0 Å². The Bertz CT molecular complexity index is 483. The summed E-state index contributed by atoms with van der Waals surface area (Å²) in [5.74, 6) is 0. The van der Waals surface area contributed by atoms with Gasteiger partial charge in [0.2, 0.25) is 0 Å². The third-order valence-corrected chi connectivity index (χ3v) is 3.91. The summed E-state index contributed by atoms with van der Waals surface area (Å²) in [5, 5.41) is 0. The van der Waals surface area contributed by atoms with Crippen molar-refractivity contribution in [3.05, 3.63) is 61.2 Å². The highest BCUT2D eigenvalue weighted by molar-refractivity contribution is 5.69. The lowest BCUT2D eigenvalue weighted by Gasteiger charge is -2.39. The van der Waals surface area contributed by atoms with E-state index in [0.29, 0.717) is 6.61 Å². The van der Waals surface area contributed by atoms with Crippen LogP contribution in [0.3, 0.4) is 0 Å². The van der Waals surface area contributed by atoms with Crippen LogP contribution in [0.25, 0.3) is 0 Å². The number of hydrogen-bond donors (Lipinski definition) is 0. The van der Waals surface area contributed by atoms with E-state index in [-0.39, 0.29) is 18.2 Å². The summed E-state index contributed by atoms with van der Waals surface area (Å²) in [4.78, 5) is 14.3. The number of carbonyl (C=O) groups excluding carboxylic acids is 1. The molecule has 3 heteroatoms. The molecule has 0 bridgehead atoms. The molecule has 1 heterocycles. The summed E-state index contributed by atoms with van der Waals surface area (Å²) in [6, 6.07) is 9.97. The number of benzene rings is 1. The molecule has 1 fully saturated rings. The zero-order valence-electron chi connectivity index (χ0n) is 12.4. The SMILES string of the molecule is C=CC[C@@H]1CCC[C@H](C=C)N1C(=O)OCc1ccccc1. The molecule has 0 radical (unpaired) electrons. The smallest absolute Gasteiger partial charge is 0.410 e. The van der Waals surface area contributed by atoms with Crippen LogP contribution in [0.15, 0.2) is 55.6 Å². The second kappa shape index (κ2) is 7.67. The summed E-state index contributed by atoms with van der Waals surface area (Å²) >= 11 is 0. The van der Waals surface area contributed by atoms with E-state index in [4.69, 9.17) is 4.74 Å². The van der Waals surface area contributed by atoms with Gasteiger partial charge in [0.25, 0.3) is 0 Å². The molecule has 0 unspecified atom stereocenters. The Morgan fingerprint density at radius 1 is 1.29 bits per heavy atom. The van der Waals surface area contributed by atoms with Crippen molar-refractivity contribution in [2.45, 2.75) is 44.4 Å². The Labute approximate surface area is 126 Å². The van der Waals surface area contributed by atoms with E-state index in [1.165, 1.54) is 0 Å². The Morgan fingerprint density at radius 3 is 2.71 bits per heavy atom. The minimum Gasteiger partial charge on any atom is -0.445 e. The van der Waals surface area contributed by atoms with Crippen LogP contribution in [0.4, 0.5) is 4.79 Å². The van der Waals surface area contributed by atoms with Gasteiger partial charge in [0.05, 0.1) is 6.04 Å². The van der Waals surface area contributed by atoms with Crippen molar-refractivity contribution in [1.29, 1.82) is 0 Å². The predicted octanol–water partition coefficient (Wildman–Crippen LogP) is 4.31. The number of likely N-dealkylation sites (tertiary alicyclic amines) is 1. The first-order chi connectivity index (χ1) is 10.3. The molecule has 0 N–H and O–H groups in total. The lowest BCUT2D eigenvalue weighted by atomic mass is 9.94. The highest BCUT2D eigenvalue weighted by Crippen LogP contribution is 2.27. The standard InChI is InChI=1S/C18H23NO2/c1-3-9-17-13-8-12-16(4-2)19(17)18(20)21-14-15-10-6-5-7-11-15/h3-7,10-11,16-17H,1-2,8-9,12-14H2/t16-,17+/m0/s1. The third-order valence-electron chi connectivity index (χ3n) is 3.91. The topological polar surface area (TPSA) is 29.5 Å². The van der Waals surface area contributed by atoms with Crippen LogP contribution in [-0.2, 0) is 11.3 Å². The molecule has 1 aliphatic heterocycles. The van der Waals surface area contributed by atoms with Crippen molar-refractivity contribution >= 4 is 6.09 Å². The van der Waals surface area contributed by atoms with E-state index in [9.17, 15) is 4.79 Å². The first-order valence-corrected chi connectivity index (χ1v) is 7.48. The van der Waals surface area contributed by atoms with Crippen LogP contribution < -0.4 is 0 Å². The lowest BCUT2D eigenvalue weighted by molar-refractivity contribution is 0.0536. The number of ether oxygens (including phenoxy) is 1.